The molecule has 0 spiro atoms. The molecular weight excluding hydrogens is 335 g/mol. The molecule has 0 fully saturated rings. The van der Waals surface area contributed by atoms with E-state index in [2.05, 4.69) is 10.5 Å². The summed E-state index contributed by atoms with van der Waals surface area (Å²) in [6, 6.07) is 10.8. The van der Waals surface area contributed by atoms with Gasteiger partial charge in [0.2, 0.25) is 0 Å². The first-order valence-corrected chi connectivity index (χ1v) is 7.69. The molecule has 0 radical (unpaired) electrons. The van der Waals surface area contributed by atoms with Crippen molar-refractivity contribution in [2.45, 2.75) is 13.8 Å². The summed E-state index contributed by atoms with van der Waals surface area (Å²) in [6.07, 6.45) is 1.45. The van der Waals surface area contributed by atoms with Gasteiger partial charge in [0.25, 0.3) is 5.91 Å². The number of hydrogen-bond acceptors (Lipinski definition) is 3. The predicted octanol–water partition coefficient (Wildman–Crippen LogP) is 4.14. The molecule has 1 N–H and O–H groups in total. The third-order valence-corrected chi connectivity index (χ3v) is 3.67. The molecule has 0 aliphatic carbocycles. The molecule has 2 rings (SSSR count). The average Bonchev–Trinajstić information content (AvgIpc) is 2.49. The largest absolute Gasteiger partial charge is 0.483 e. The quantitative estimate of drug-likeness (QED) is 0.650. The molecule has 4 nitrogen and oxygen atoms in total. The first-order chi connectivity index (χ1) is 11.0. The SMILES string of the molecule is Cc1cccc(C)c1OCC(=O)NN=Cc1ccc(Cl)cc1Cl. The second-order valence-corrected chi connectivity index (χ2v) is 5.81. The molecule has 2 aromatic rings. The normalized spacial score (nSPS) is 10.8. The lowest BCUT2D eigenvalue weighted by atomic mass is 10.1. The molecule has 0 aromatic heterocycles. The zero-order valence-electron chi connectivity index (χ0n) is 12.8. The van der Waals surface area contributed by atoms with Gasteiger partial charge in [-0.1, -0.05) is 47.5 Å². The number of benzene rings is 2. The Kier molecular flexibility index (Phi) is 6.02. The van der Waals surface area contributed by atoms with Gasteiger partial charge in [-0.25, -0.2) is 5.43 Å². The van der Waals surface area contributed by atoms with Gasteiger partial charge in [0.1, 0.15) is 5.75 Å². The highest BCUT2D eigenvalue weighted by molar-refractivity contribution is 6.36. The van der Waals surface area contributed by atoms with Crippen LogP contribution in [0.4, 0.5) is 0 Å². The van der Waals surface area contributed by atoms with Gasteiger partial charge in [-0.15, -0.1) is 0 Å². The molecule has 0 saturated heterocycles. The number of halogens is 2. The molecule has 1 amide bonds. The molecule has 0 heterocycles. The van der Waals surface area contributed by atoms with Crippen LogP contribution >= 0.6 is 23.2 Å². The van der Waals surface area contributed by atoms with Crippen LogP contribution in [0.2, 0.25) is 10.0 Å². The molecule has 6 heteroatoms. The molecule has 2 aromatic carbocycles. The fraction of sp³-hybridized carbons (Fsp3) is 0.176. The highest BCUT2D eigenvalue weighted by Crippen LogP contribution is 2.22. The van der Waals surface area contributed by atoms with E-state index in [0.717, 1.165) is 11.1 Å². The number of nitrogens with zero attached hydrogens (tertiary/aromatic N) is 1. The Bertz CT molecular complexity index is 725. The number of ether oxygens (including phenoxy) is 1. The lowest BCUT2D eigenvalue weighted by molar-refractivity contribution is -0.123. The number of carbonyl (C=O) groups excluding carboxylic acids is 1. The van der Waals surface area contributed by atoms with Crippen LogP contribution in [0.25, 0.3) is 0 Å². The Balaban J connectivity index is 1.89. The molecule has 0 atom stereocenters. The number of hydrogen-bond donors (Lipinski definition) is 1. The van der Waals surface area contributed by atoms with Crippen LogP contribution in [0.5, 0.6) is 5.75 Å². The Labute approximate surface area is 145 Å². The first-order valence-electron chi connectivity index (χ1n) is 6.93. The Hall–Kier alpha value is -2.04. The molecule has 120 valence electrons. The van der Waals surface area contributed by atoms with E-state index in [1.807, 2.05) is 32.0 Å². The summed E-state index contributed by atoms with van der Waals surface area (Å²) in [5.41, 5.74) is 5.02. The predicted molar refractivity (Wildman–Crippen MR) is 93.6 cm³/mol. The van der Waals surface area contributed by atoms with Gasteiger partial charge in [0.05, 0.1) is 11.2 Å². The topological polar surface area (TPSA) is 50.7 Å². The average molecular weight is 351 g/mol. The van der Waals surface area contributed by atoms with E-state index in [4.69, 9.17) is 27.9 Å². The van der Waals surface area contributed by atoms with Gasteiger partial charge >= 0.3 is 0 Å². The van der Waals surface area contributed by atoms with Crippen LogP contribution in [0.1, 0.15) is 16.7 Å². The second-order valence-electron chi connectivity index (χ2n) is 4.97. The molecule has 0 bridgehead atoms. The molecule has 0 aliphatic rings. The van der Waals surface area contributed by atoms with Crippen molar-refractivity contribution in [2.24, 2.45) is 5.10 Å². The van der Waals surface area contributed by atoms with Gasteiger partial charge < -0.3 is 4.74 Å². The standard InChI is InChI=1S/C17H16Cl2N2O2/c1-11-4-3-5-12(2)17(11)23-10-16(22)21-20-9-13-6-7-14(18)8-15(13)19/h3-9H,10H2,1-2H3,(H,21,22). The summed E-state index contributed by atoms with van der Waals surface area (Å²) in [4.78, 5) is 11.8. The van der Waals surface area contributed by atoms with Gasteiger partial charge in [-0.2, -0.15) is 5.10 Å². The van der Waals surface area contributed by atoms with E-state index in [1.54, 1.807) is 18.2 Å². The minimum Gasteiger partial charge on any atom is -0.483 e. The maximum atomic E-state index is 11.8. The Morgan fingerprint density at radius 3 is 2.57 bits per heavy atom. The van der Waals surface area contributed by atoms with Gasteiger partial charge in [-0.05, 0) is 37.1 Å². The summed E-state index contributed by atoms with van der Waals surface area (Å²) in [6.45, 7) is 3.75. The number of para-hydroxylation sites is 1. The highest BCUT2D eigenvalue weighted by atomic mass is 35.5. The number of aryl methyl sites for hydroxylation is 2. The van der Waals surface area contributed by atoms with Crippen LogP contribution in [0.15, 0.2) is 41.5 Å². The van der Waals surface area contributed by atoms with Crippen LogP contribution in [0, 0.1) is 13.8 Å². The summed E-state index contributed by atoms with van der Waals surface area (Å²) >= 11 is 11.8. The third-order valence-electron chi connectivity index (χ3n) is 3.11. The maximum absolute atomic E-state index is 11.8. The van der Waals surface area contributed by atoms with Crippen molar-refractivity contribution in [3.8, 4) is 5.75 Å². The van der Waals surface area contributed by atoms with E-state index in [9.17, 15) is 4.79 Å². The molecular formula is C17H16Cl2N2O2. The van der Waals surface area contributed by atoms with E-state index in [1.165, 1.54) is 6.21 Å². The fourth-order valence-corrected chi connectivity index (χ4v) is 2.43. The monoisotopic (exact) mass is 350 g/mol. The van der Waals surface area contributed by atoms with Crippen molar-refractivity contribution >= 4 is 35.3 Å². The molecule has 0 unspecified atom stereocenters. The first kappa shape index (κ1) is 17.3. The summed E-state index contributed by atoms with van der Waals surface area (Å²) in [7, 11) is 0. The van der Waals surface area contributed by atoms with Crippen LogP contribution in [-0.4, -0.2) is 18.7 Å². The van der Waals surface area contributed by atoms with Gasteiger partial charge in [0, 0.05) is 10.6 Å². The lowest BCUT2D eigenvalue weighted by Gasteiger charge is -2.10. The smallest absolute Gasteiger partial charge is 0.277 e. The number of carbonyl (C=O) groups is 1. The van der Waals surface area contributed by atoms with E-state index in [-0.39, 0.29) is 12.5 Å². The van der Waals surface area contributed by atoms with Gasteiger partial charge in [0.15, 0.2) is 6.61 Å². The Morgan fingerprint density at radius 1 is 1.22 bits per heavy atom. The zero-order valence-corrected chi connectivity index (χ0v) is 14.3. The van der Waals surface area contributed by atoms with E-state index < -0.39 is 0 Å². The van der Waals surface area contributed by atoms with Gasteiger partial charge in [-0.3, -0.25) is 4.79 Å². The third kappa shape index (κ3) is 4.98. The number of nitrogens with one attached hydrogen (secondary N) is 1. The highest BCUT2D eigenvalue weighted by Gasteiger charge is 2.06. The molecule has 0 aliphatic heterocycles. The van der Waals surface area contributed by atoms with Crippen molar-refractivity contribution in [3.05, 3.63) is 63.1 Å². The second kappa shape index (κ2) is 7.99. The van der Waals surface area contributed by atoms with Crippen LogP contribution in [-0.2, 0) is 4.79 Å². The van der Waals surface area contributed by atoms with E-state index >= 15 is 0 Å². The maximum Gasteiger partial charge on any atom is 0.277 e. The van der Waals surface area contributed by atoms with E-state index in [0.29, 0.717) is 21.4 Å². The summed E-state index contributed by atoms with van der Waals surface area (Å²) in [5, 5.41) is 4.86. The van der Waals surface area contributed by atoms with Crippen molar-refractivity contribution in [1.82, 2.24) is 5.43 Å². The molecule has 23 heavy (non-hydrogen) atoms. The zero-order chi connectivity index (χ0) is 16.8. The Morgan fingerprint density at radius 2 is 1.91 bits per heavy atom. The lowest BCUT2D eigenvalue weighted by Crippen LogP contribution is -2.25. The number of hydrazone groups is 1. The van der Waals surface area contributed by atoms with Crippen LogP contribution in [0.3, 0.4) is 0 Å². The van der Waals surface area contributed by atoms with Crippen molar-refractivity contribution in [3.63, 3.8) is 0 Å². The van der Waals surface area contributed by atoms with Crippen molar-refractivity contribution < 1.29 is 9.53 Å². The fourth-order valence-electron chi connectivity index (χ4n) is 1.98. The minimum atomic E-state index is -0.353. The summed E-state index contributed by atoms with van der Waals surface area (Å²) < 4.78 is 5.54. The molecule has 0 saturated carbocycles. The van der Waals surface area contributed by atoms with Crippen molar-refractivity contribution in [1.29, 1.82) is 0 Å². The van der Waals surface area contributed by atoms with Crippen molar-refractivity contribution in [2.75, 3.05) is 6.61 Å². The number of amides is 1. The summed E-state index contributed by atoms with van der Waals surface area (Å²) in [5.74, 6) is 0.362. The minimum absolute atomic E-state index is 0.114. The number of rotatable bonds is 5. The van der Waals surface area contributed by atoms with Crippen LogP contribution < -0.4 is 10.2 Å².